The van der Waals surface area contributed by atoms with E-state index in [1.807, 2.05) is 6.92 Å². The van der Waals surface area contributed by atoms with Gasteiger partial charge in [-0.3, -0.25) is 0 Å². The molecule has 1 aliphatic carbocycles. The van der Waals surface area contributed by atoms with Gasteiger partial charge in [0, 0.05) is 13.0 Å². The Hall–Kier alpha value is -1.85. The van der Waals surface area contributed by atoms with Crippen molar-refractivity contribution in [3.8, 4) is 0 Å². The van der Waals surface area contributed by atoms with Gasteiger partial charge < -0.3 is 19.3 Å². The molecule has 1 rings (SSSR count). The molecule has 1 atom stereocenters. The van der Waals surface area contributed by atoms with Gasteiger partial charge in [0.1, 0.15) is 12.6 Å². The highest BCUT2D eigenvalue weighted by Gasteiger charge is 2.75. The summed E-state index contributed by atoms with van der Waals surface area (Å²) >= 11 is 0. The van der Waals surface area contributed by atoms with Gasteiger partial charge in [-0.1, -0.05) is 32.4 Å². The summed E-state index contributed by atoms with van der Waals surface area (Å²) in [5.74, 6) is -1.85. The van der Waals surface area contributed by atoms with Crippen molar-refractivity contribution < 1.29 is 45.7 Å². The van der Waals surface area contributed by atoms with Crippen LogP contribution in [0.5, 0.6) is 0 Å². The number of halogens is 6. The number of hydrogen-bond donors (Lipinski definition) is 1. The Kier molecular flexibility index (Phi) is 10.9. The summed E-state index contributed by atoms with van der Waals surface area (Å²) in [7, 11) is 0.944. The number of aliphatic hydroxyl groups excluding tert-OH is 1. The molecule has 0 saturated heterocycles. The van der Waals surface area contributed by atoms with Crippen LogP contribution in [-0.4, -0.2) is 56.0 Å². The van der Waals surface area contributed by atoms with E-state index in [1.54, 1.807) is 13.0 Å². The Morgan fingerprint density at radius 1 is 1.19 bits per heavy atom. The maximum absolute atomic E-state index is 13.8. The number of methoxy groups -OCH3 is 1. The van der Waals surface area contributed by atoms with Crippen LogP contribution in [0.15, 0.2) is 40.6 Å². The van der Waals surface area contributed by atoms with Crippen molar-refractivity contribution >= 4 is 5.90 Å². The number of alkyl halides is 6. The van der Waals surface area contributed by atoms with Crippen molar-refractivity contribution in [3.63, 3.8) is 0 Å². The second-order valence-corrected chi connectivity index (χ2v) is 6.99. The molecule has 0 aliphatic heterocycles. The van der Waals surface area contributed by atoms with Crippen LogP contribution in [0.1, 0.15) is 39.5 Å². The van der Waals surface area contributed by atoms with E-state index >= 15 is 0 Å². The third kappa shape index (κ3) is 6.82. The molecule has 184 valence electrons. The van der Waals surface area contributed by atoms with Crippen LogP contribution in [0.3, 0.4) is 0 Å². The van der Waals surface area contributed by atoms with E-state index in [1.165, 1.54) is 12.2 Å². The molecule has 0 aromatic rings. The molecular formula is C21H29F6NO4. The SMILES string of the molecule is CC/C=C\C(=NCCO)OC1=CCC(C(OCOC)(C(F)(F)F)C(F)(F)F)C=C1CCC. The third-order valence-electron chi connectivity index (χ3n) is 4.64. The lowest BCUT2D eigenvalue weighted by atomic mass is 9.78. The van der Waals surface area contributed by atoms with Gasteiger partial charge in [-0.05, 0) is 37.0 Å². The summed E-state index contributed by atoms with van der Waals surface area (Å²) in [5.41, 5.74) is -4.25. The minimum absolute atomic E-state index is 0.0300. The number of rotatable bonds is 11. The van der Waals surface area contributed by atoms with Gasteiger partial charge in [-0.25, -0.2) is 4.99 Å². The molecular weight excluding hydrogens is 444 g/mol. The molecule has 0 bridgehead atoms. The largest absolute Gasteiger partial charge is 0.440 e. The summed E-state index contributed by atoms with van der Waals surface area (Å²) in [4.78, 5) is 4.04. The van der Waals surface area contributed by atoms with Gasteiger partial charge in [0.25, 0.3) is 5.60 Å². The quantitative estimate of drug-likeness (QED) is 0.187. The van der Waals surface area contributed by atoms with Crippen molar-refractivity contribution in [2.75, 3.05) is 27.1 Å². The maximum atomic E-state index is 13.8. The first-order valence-electron chi connectivity index (χ1n) is 10.2. The fourth-order valence-electron chi connectivity index (χ4n) is 3.24. The van der Waals surface area contributed by atoms with Crippen molar-refractivity contribution in [1.29, 1.82) is 0 Å². The van der Waals surface area contributed by atoms with E-state index in [0.29, 0.717) is 12.8 Å². The lowest BCUT2D eigenvalue weighted by Gasteiger charge is -2.42. The highest BCUT2D eigenvalue weighted by molar-refractivity contribution is 5.88. The highest BCUT2D eigenvalue weighted by Crippen LogP contribution is 2.53. The van der Waals surface area contributed by atoms with Crippen LogP contribution in [0, 0.1) is 5.92 Å². The summed E-state index contributed by atoms with van der Waals surface area (Å²) < 4.78 is 97.5. The average Bonchev–Trinajstić information content (AvgIpc) is 2.70. The Morgan fingerprint density at radius 2 is 1.84 bits per heavy atom. The standard InChI is InChI=1S/C21H29F6NO4/c1-4-6-8-18(28-11-12-29)32-17-10-9-16(13-15(17)7-5-2)19(20(22,23)24,21(25,26)27)31-14-30-3/h6,8,10,13,16,29H,4-5,7,9,11-12,14H2,1-3H3/b8-6-,28-18?. The molecule has 0 spiro atoms. The van der Waals surface area contributed by atoms with Crippen LogP contribution in [0.4, 0.5) is 26.3 Å². The van der Waals surface area contributed by atoms with Crippen LogP contribution < -0.4 is 0 Å². The summed E-state index contributed by atoms with van der Waals surface area (Å²) in [5, 5.41) is 8.98. The van der Waals surface area contributed by atoms with Crippen LogP contribution >= 0.6 is 0 Å². The van der Waals surface area contributed by atoms with Gasteiger partial charge in [0.2, 0.25) is 5.90 Å². The second kappa shape index (κ2) is 12.4. The fraction of sp³-hybridized carbons (Fsp3) is 0.667. The molecule has 0 aromatic heterocycles. The first-order valence-corrected chi connectivity index (χ1v) is 10.2. The smallest absolute Gasteiger partial charge is 0.427 e. The predicted molar refractivity (Wildman–Crippen MR) is 107 cm³/mol. The molecule has 0 saturated carbocycles. The Bertz CT molecular complexity index is 696. The topological polar surface area (TPSA) is 60.3 Å². The molecule has 0 heterocycles. The molecule has 0 amide bonds. The van der Waals surface area contributed by atoms with Gasteiger partial charge in [0.15, 0.2) is 0 Å². The number of aliphatic imine (C=N–C) groups is 1. The molecule has 1 N–H and O–H groups in total. The van der Waals surface area contributed by atoms with Crippen LogP contribution in [0.25, 0.3) is 0 Å². The average molecular weight is 473 g/mol. The first-order chi connectivity index (χ1) is 15.0. The maximum Gasteiger partial charge on any atom is 0.427 e. The van der Waals surface area contributed by atoms with Crippen molar-refractivity contribution in [3.05, 3.63) is 35.6 Å². The Morgan fingerprint density at radius 3 is 2.34 bits per heavy atom. The molecule has 5 nitrogen and oxygen atoms in total. The number of hydrogen-bond acceptors (Lipinski definition) is 5. The normalized spacial score (nSPS) is 18.7. The summed E-state index contributed by atoms with van der Waals surface area (Å²) in [6.07, 6.45) is -5.47. The van der Waals surface area contributed by atoms with Crippen molar-refractivity contribution in [2.24, 2.45) is 10.9 Å². The second-order valence-electron chi connectivity index (χ2n) is 6.99. The van der Waals surface area contributed by atoms with E-state index in [2.05, 4.69) is 14.5 Å². The third-order valence-corrected chi connectivity index (χ3v) is 4.64. The molecule has 32 heavy (non-hydrogen) atoms. The first kappa shape index (κ1) is 28.2. The predicted octanol–water partition coefficient (Wildman–Crippen LogP) is 5.47. The lowest BCUT2D eigenvalue weighted by molar-refractivity contribution is -0.403. The number of ether oxygens (including phenoxy) is 3. The lowest BCUT2D eigenvalue weighted by Crippen LogP contribution is -2.63. The van der Waals surface area contributed by atoms with Crippen LogP contribution in [-0.2, 0) is 14.2 Å². The minimum Gasteiger partial charge on any atom is -0.440 e. The van der Waals surface area contributed by atoms with E-state index in [9.17, 15) is 26.3 Å². The molecule has 1 unspecified atom stereocenters. The molecule has 11 heteroatoms. The van der Waals surface area contributed by atoms with Gasteiger partial charge in [-0.15, -0.1) is 0 Å². The summed E-state index contributed by atoms with van der Waals surface area (Å²) in [6, 6.07) is 0. The number of allylic oxidation sites excluding steroid dienone is 3. The Labute approximate surface area is 183 Å². The zero-order valence-electron chi connectivity index (χ0n) is 18.2. The number of aliphatic hydroxyl groups is 1. The minimum atomic E-state index is -5.74. The molecule has 1 aliphatic rings. The van der Waals surface area contributed by atoms with Gasteiger partial charge in [0.05, 0.1) is 13.2 Å². The zero-order chi connectivity index (χ0) is 24.4. The number of nitrogens with zero attached hydrogens (tertiary/aromatic N) is 1. The Balaban J connectivity index is 3.42. The fourth-order valence-corrected chi connectivity index (χ4v) is 3.24. The zero-order valence-corrected chi connectivity index (χ0v) is 18.2. The van der Waals surface area contributed by atoms with E-state index < -0.39 is 37.1 Å². The summed E-state index contributed by atoms with van der Waals surface area (Å²) in [6.45, 7) is 2.20. The molecule has 0 radical (unpaired) electrons. The van der Waals surface area contributed by atoms with Gasteiger partial charge in [-0.2, -0.15) is 26.3 Å². The molecule has 0 aromatic carbocycles. The van der Waals surface area contributed by atoms with E-state index in [4.69, 9.17) is 9.84 Å². The highest BCUT2D eigenvalue weighted by atomic mass is 19.4. The van der Waals surface area contributed by atoms with Crippen molar-refractivity contribution in [2.45, 2.75) is 57.5 Å². The monoisotopic (exact) mass is 473 g/mol. The van der Waals surface area contributed by atoms with Gasteiger partial charge >= 0.3 is 12.4 Å². The van der Waals surface area contributed by atoms with E-state index in [-0.39, 0.29) is 36.8 Å². The van der Waals surface area contributed by atoms with Crippen molar-refractivity contribution in [1.82, 2.24) is 0 Å². The molecule has 0 fully saturated rings. The van der Waals surface area contributed by atoms with E-state index in [0.717, 1.165) is 13.2 Å². The van der Waals surface area contributed by atoms with Crippen LogP contribution in [0.2, 0.25) is 0 Å².